The van der Waals surface area contributed by atoms with Crippen molar-refractivity contribution in [3.05, 3.63) is 29.8 Å². The molecule has 0 bridgehead atoms. The van der Waals surface area contributed by atoms with Gasteiger partial charge in [0.25, 0.3) is 5.91 Å². The van der Waals surface area contributed by atoms with Gasteiger partial charge in [0.1, 0.15) is 5.75 Å². The third kappa shape index (κ3) is 4.84. The normalized spacial score (nSPS) is 11.1. The Morgan fingerprint density at radius 3 is 2.89 bits per heavy atom. The fourth-order valence-electron chi connectivity index (χ4n) is 1.34. The molecule has 0 aliphatic carbocycles. The standard InChI is InChI=1S/C12H17N3O4/c1-18-7-6-14-11(16)8-19-10-5-3-2-4-9(10)12(13)15-17/h2-5,17H,6-8H2,1H3,(H2,13,15)(H,14,16). The summed E-state index contributed by atoms with van der Waals surface area (Å²) in [7, 11) is 1.55. The lowest BCUT2D eigenvalue weighted by atomic mass is 10.2. The van der Waals surface area contributed by atoms with Crippen LogP contribution in [-0.4, -0.2) is 43.8 Å². The summed E-state index contributed by atoms with van der Waals surface area (Å²) in [6.45, 7) is 0.701. The zero-order valence-corrected chi connectivity index (χ0v) is 10.6. The van der Waals surface area contributed by atoms with E-state index in [9.17, 15) is 4.79 Å². The molecule has 1 aromatic rings. The monoisotopic (exact) mass is 267 g/mol. The van der Waals surface area contributed by atoms with Crippen LogP contribution in [0.4, 0.5) is 0 Å². The van der Waals surface area contributed by atoms with Gasteiger partial charge >= 0.3 is 0 Å². The van der Waals surface area contributed by atoms with Gasteiger partial charge in [-0.25, -0.2) is 0 Å². The minimum atomic E-state index is -0.272. The van der Waals surface area contributed by atoms with Crippen molar-refractivity contribution in [1.82, 2.24) is 5.32 Å². The average Bonchev–Trinajstić information content (AvgIpc) is 2.45. The van der Waals surface area contributed by atoms with Crippen molar-refractivity contribution >= 4 is 11.7 Å². The van der Waals surface area contributed by atoms with Crippen molar-refractivity contribution in [3.63, 3.8) is 0 Å². The van der Waals surface area contributed by atoms with E-state index in [-0.39, 0.29) is 18.3 Å². The highest BCUT2D eigenvalue weighted by atomic mass is 16.5. The number of hydrogen-bond donors (Lipinski definition) is 3. The first-order valence-corrected chi connectivity index (χ1v) is 5.64. The van der Waals surface area contributed by atoms with E-state index in [4.69, 9.17) is 20.4 Å². The average molecular weight is 267 g/mol. The van der Waals surface area contributed by atoms with E-state index in [1.54, 1.807) is 31.4 Å². The summed E-state index contributed by atoms with van der Waals surface area (Å²) in [5.41, 5.74) is 5.93. The summed E-state index contributed by atoms with van der Waals surface area (Å²) in [5, 5.41) is 14.2. The van der Waals surface area contributed by atoms with E-state index in [0.717, 1.165) is 0 Å². The van der Waals surface area contributed by atoms with Crippen LogP contribution in [-0.2, 0) is 9.53 Å². The Kier molecular flexibility index (Phi) is 6.17. The van der Waals surface area contributed by atoms with Gasteiger partial charge in [-0.3, -0.25) is 4.79 Å². The molecule has 0 heterocycles. The number of amides is 1. The number of nitrogens with zero attached hydrogens (tertiary/aromatic N) is 1. The Balaban J connectivity index is 2.56. The van der Waals surface area contributed by atoms with E-state index >= 15 is 0 Å². The van der Waals surface area contributed by atoms with Crippen LogP contribution in [0.25, 0.3) is 0 Å². The quantitative estimate of drug-likeness (QED) is 0.211. The van der Waals surface area contributed by atoms with Crippen LogP contribution in [0.3, 0.4) is 0 Å². The fourth-order valence-corrected chi connectivity index (χ4v) is 1.34. The molecular weight excluding hydrogens is 250 g/mol. The van der Waals surface area contributed by atoms with Crippen LogP contribution >= 0.6 is 0 Å². The van der Waals surface area contributed by atoms with Crippen LogP contribution in [0, 0.1) is 0 Å². The molecule has 4 N–H and O–H groups in total. The Hall–Kier alpha value is -2.28. The molecule has 0 radical (unpaired) electrons. The molecular formula is C12H17N3O4. The van der Waals surface area contributed by atoms with Gasteiger partial charge in [-0.2, -0.15) is 0 Å². The number of carbonyl (C=O) groups excluding carboxylic acids is 1. The van der Waals surface area contributed by atoms with Crippen molar-refractivity contribution in [3.8, 4) is 5.75 Å². The number of methoxy groups -OCH3 is 1. The molecule has 19 heavy (non-hydrogen) atoms. The predicted molar refractivity (Wildman–Crippen MR) is 69.3 cm³/mol. The molecule has 0 aliphatic rings. The molecule has 1 amide bonds. The molecule has 0 saturated carbocycles. The Bertz CT molecular complexity index is 448. The van der Waals surface area contributed by atoms with Gasteiger partial charge in [-0.1, -0.05) is 17.3 Å². The van der Waals surface area contributed by atoms with Crippen LogP contribution in [0.15, 0.2) is 29.4 Å². The predicted octanol–water partition coefficient (Wildman–Crippen LogP) is -0.0775. The number of oxime groups is 1. The molecule has 1 aromatic carbocycles. The third-order valence-electron chi connectivity index (χ3n) is 2.26. The largest absolute Gasteiger partial charge is 0.483 e. The summed E-state index contributed by atoms with van der Waals surface area (Å²) in [6, 6.07) is 6.72. The summed E-state index contributed by atoms with van der Waals surface area (Å²) in [6.07, 6.45) is 0. The Morgan fingerprint density at radius 1 is 1.47 bits per heavy atom. The number of hydrogen-bond acceptors (Lipinski definition) is 5. The second kappa shape index (κ2) is 7.93. The third-order valence-corrected chi connectivity index (χ3v) is 2.26. The van der Waals surface area contributed by atoms with Crippen LogP contribution in [0.2, 0.25) is 0 Å². The fraction of sp³-hybridized carbons (Fsp3) is 0.333. The highest BCUT2D eigenvalue weighted by Crippen LogP contribution is 2.17. The van der Waals surface area contributed by atoms with E-state index in [2.05, 4.69) is 10.5 Å². The zero-order valence-electron chi connectivity index (χ0n) is 10.6. The second-order valence-electron chi connectivity index (χ2n) is 3.61. The first kappa shape index (κ1) is 14.8. The molecule has 0 saturated heterocycles. The van der Waals surface area contributed by atoms with E-state index < -0.39 is 0 Å². The maximum atomic E-state index is 11.4. The van der Waals surface area contributed by atoms with Crippen molar-refractivity contribution in [2.45, 2.75) is 0 Å². The molecule has 0 atom stereocenters. The molecule has 104 valence electrons. The van der Waals surface area contributed by atoms with Crippen molar-refractivity contribution in [2.75, 3.05) is 26.9 Å². The number of benzene rings is 1. The van der Waals surface area contributed by atoms with Crippen molar-refractivity contribution in [1.29, 1.82) is 0 Å². The lowest BCUT2D eigenvalue weighted by Crippen LogP contribution is -2.31. The number of rotatable bonds is 7. The summed E-state index contributed by atoms with van der Waals surface area (Å²) in [5.74, 6) is 0.0291. The lowest BCUT2D eigenvalue weighted by molar-refractivity contribution is -0.123. The number of para-hydroxylation sites is 1. The van der Waals surface area contributed by atoms with Gasteiger partial charge in [0, 0.05) is 13.7 Å². The lowest BCUT2D eigenvalue weighted by Gasteiger charge is -2.10. The molecule has 1 rings (SSSR count). The van der Waals surface area contributed by atoms with E-state index in [0.29, 0.717) is 24.5 Å². The molecule has 0 aliphatic heterocycles. The number of amidine groups is 1. The minimum absolute atomic E-state index is 0.0737. The summed E-state index contributed by atoms with van der Waals surface area (Å²) in [4.78, 5) is 11.4. The topological polar surface area (TPSA) is 106 Å². The van der Waals surface area contributed by atoms with E-state index in [1.165, 1.54) is 0 Å². The van der Waals surface area contributed by atoms with Gasteiger partial charge in [0.2, 0.25) is 0 Å². The molecule has 0 spiro atoms. The van der Waals surface area contributed by atoms with E-state index in [1.807, 2.05) is 0 Å². The zero-order chi connectivity index (χ0) is 14.1. The van der Waals surface area contributed by atoms with Gasteiger partial charge in [-0.05, 0) is 12.1 Å². The Labute approximate surface area is 111 Å². The second-order valence-corrected chi connectivity index (χ2v) is 3.61. The first-order chi connectivity index (χ1) is 9.19. The number of ether oxygens (including phenoxy) is 2. The summed E-state index contributed by atoms with van der Waals surface area (Å²) < 4.78 is 10.1. The highest BCUT2D eigenvalue weighted by molar-refractivity contribution is 5.99. The van der Waals surface area contributed by atoms with Gasteiger partial charge in [0.05, 0.1) is 12.2 Å². The van der Waals surface area contributed by atoms with Crippen LogP contribution < -0.4 is 15.8 Å². The maximum Gasteiger partial charge on any atom is 0.258 e. The molecule has 0 fully saturated rings. The van der Waals surface area contributed by atoms with Gasteiger partial charge in [-0.15, -0.1) is 0 Å². The minimum Gasteiger partial charge on any atom is -0.483 e. The molecule has 7 nitrogen and oxygen atoms in total. The highest BCUT2D eigenvalue weighted by Gasteiger charge is 2.09. The number of nitrogens with two attached hydrogens (primary N) is 1. The smallest absolute Gasteiger partial charge is 0.258 e. The maximum absolute atomic E-state index is 11.4. The van der Waals surface area contributed by atoms with Gasteiger partial charge in [0.15, 0.2) is 12.4 Å². The number of nitrogens with one attached hydrogen (secondary N) is 1. The molecule has 0 aromatic heterocycles. The molecule has 0 unspecified atom stereocenters. The first-order valence-electron chi connectivity index (χ1n) is 5.64. The van der Waals surface area contributed by atoms with Crippen LogP contribution in [0.1, 0.15) is 5.56 Å². The molecule has 7 heteroatoms. The van der Waals surface area contributed by atoms with Crippen LogP contribution in [0.5, 0.6) is 5.75 Å². The van der Waals surface area contributed by atoms with Crippen molar-refractivity contribution in [2.24, 2.45) is 10.9 Å². The van der Waals surface area contributed by atoms with Gasteiger partial charge < -0.3 is 25.7 Å². The summed E-state index contributed by atoms with van der Waals surface area (Å²) >= 11 is 0. The number of carbonyl (C=O) groups is 1. The van der Waals surface area contributed by atoms with Crippen molar-refractivity contribution < 1.29 is 19.5 Å². The SMILES string of the molecule is COCCNC(=O)COc1ccccc1/C(N)=N/O. The Morgan fingerprint density at radius 2 is 2.21 bits per heavy atom.